The van der Waals surface area contributed by atoms with Crippen LogP contribution >= 0.6 is 0 Å². The van der Waals surface area contributed by atoms with E-state index < -0.39 is 27.5 Å². The maximum Gasteiger partial charge on any atom is 3.00 e. The Morgan fingerprint density at radius 3 is 0.625 bits per heavy atom. The molecule has 0 aliphatic heterocycles. The molecule has 0 fully saturated rings. The topological polar surface area (TPSA) is 221 Å². The van der Waals surface area contributed by atoms with E-state index in [0.29, 0.717) is 0 Å². The normalized spacial score (nSPS) is 4.50. The van der Waals surface area contributed by atoms with E-state index in [1.54, 1.807) is 0 Å². The molecule has 0 aromatic heterocycles. The smallest absolute Gasteiger partial charge is 0.672 e. The Bertz CT molecular complexity index is 124. The molecule has 0 atom stereocenters. The van der Waals surface area contributed by atoms with Gasteiger partial charge in [-0.1, -0.05) is 0 Å². The van der Waals surface area contributed by atoms with Crippen LogP contribution in [0.5, 0.6) is 0 Å². The molecule has 16 heavy (non-hydrogen) atoms. The molecule has 0 aliphatic rings. The van der Waals surface area contributed by atoms with Crippen LogP contribution < -0.4 is 80.2 Å². The Hall–Kier alpha value is 2.24. The first-order chi connectivity index (χ1) is 5.20. The van der Waals surface area contributed by atoms with E-state index >= 15 is 0 Å². The van der Waals surface area contributed by atoms with Gasteiger partial charge in [0.2, 0.25) is 0 Å². The van der Waals surface area contributed by atoms with Crippen LogP contribution in [0, 0.1) is 0 Å². The van der Waals surface area contributed by atoms with E-state index in [4.69, 9.17) is 42.2 Å². The summed E-state index contributed by atoms with van der Waals surface area (Å²) < 4.78 is 25.6. The monoisotopic (exact) mass is 352 g/mol. The van der Waals surface area contributed by atoms with Crippen molar-refractivity contribution in [2.24, 2.45) is 0 Å². The molecule has 0 aliphatic carbocycles. The van der Waals surface area contributed by atoms with Crippen molar-refractivity contribution in [2.75, 3.05) is 0 Å². The SMILES string of the molecule is O.O=[Si]([O-])[O-].O=[Si]([O-])[O-].O=[Si]([O-])[O-].[Al+3].[Ca+2].[K+]. The third kappa shape index (κ3) is 752. The molecule has 2 N–H and O–H groups in total. The molecule has 0 saturated heterocycles. The van der Waals surface area contributed by atoms with Crippen molar-refractivity contribution >= 4 is 82.6 Å². The maximum absolute atomic E-state index is 8.52. The Morgan fingerprint density at radius 2 is 0.625 bits per heavy atom. The summed E-state index contributed by atoms with van der Waals surface area (Å²) in [5, 5.41) is 0. The van der Waals surface area contributed by atoms with Gasteiger partial charge in [-0.2, -0.15) is 0 Å². The van der Waals surface area contributed by atoms with Gasteiger partial charge in [-0.05, 0) is 0 Å². The molecule has 0 unspecified atom stereocenters. The Morgan fingerprint density at radius 1 is 0.625 bits per heavy atom. The first-order valence-electron chi connectivity index (χ1n) is 1.84. The molecule has 0 aromatic rings. The molecular formula is H2AlCaKO10Si3. The molecule has 80 valence electrons. The number of hydrogen-bond acceptors (Lipinski definition) is 9. The van der Waals surface area contributed by atoms with Crippen molar-refractivity contribution in [1.29, 1.82) is 0 Å². The van der Waals surface area contributed by atoms with Gasteiger partial charge in [0.25, 0.3) is 0 Å². The molecular weight excluding hydrogens is 350 g/mol. The molecule has 0 amide bonds. The number of rotatable bonds is 0. The summed E-state index contributed by atoms with van der Waals surface area (Å²) >= 11 is 0. The average molecular weight is 352 g/mol. The van der Waals surface area contributed by atoms with Crippen molar-refractivity contribution < 1.29 is 99.0 Å². The molecule has 0 saturated carbocycles. The van der Waals surface area contributed by atoms with Gasteiger partial charge in [0.05, 0.1) is 0 Å². The zero-order valence-electron chi connectivity index (χ0n) is 7.96. The van der Waals surface area contributed by atoms with Gasteiger partial charge in [-0.15, -0.1) is 0 Å². The third-order valence-corrected chi connectivity index (χ3v) is 0. The van der Waals surface area contributed by atoms with Gasteiger partial charge >= 0.3 is 106 Å². The summed E-state index contributed by atoms with van der Waals surface area (Å²) in [5.41, 5.74) is 0. The molecule has 0 aromatic carbocycles. The maximum atomic E-state index is 8.52. The van der Waals surface area contributed by atoms with Gasteiger partial charge in [0.15, 0.2) is 0 Å². The van der Waals surface area contributed by atoms with E-state index in [1.807, 2.05) is 0 Å². The summed E-state index contributed by atoms with van der Waals surface area (Å²) in [7, 11) is -10.9. The Kier molecular flexibility index (Phi) is 96.5. The van der Waals surface area contributed by atoms with Crippen molar-refractivity contribution in [3.63, 3.8) is 0 Å². The van der Waals surface area contributed by atoms with E-state index in [2.05, 4.69) is 0 Å². The second kappa shape index (κ2) is 36.0. The predicted molar refractivity (Wildman–Crippen MR) is 34.4 cm³/mol. The molecule has 10 nitrogen and oxygen atoms in total. The van der Waals surface area contributed by atoms with Crippen LogP contribution in [-0.4, -0.2) is 88.1 Å². The van der Waals surface area contributed by atoms with Crippen LogP contribution in [0.25, 0.3) is 0 Å². The van der Waals surface area contributed by atoms with Crippen LogP contribution in [0.4, 0.5) is 0 Å². The summed E-state index contributed by atoms with van der Waals surface area (Å²) in [4.78, 5) is 51.1. The molecule has 16 heteroatoms. The van der Waals surface area contributed by atoms with Crippen LogP contribution in [0.1, 0.15) is 0 Å². The van der Waals surface area contributed by atoms with Gasteiger partial charge < -0.3 is 47.6 Å². The zero-order valence-corrected chi connectivity index (χ0v) is 17.4. The van der Waals surface area contributed by atoms with Gasteiger partial charge in [0.1, 0.15) is 0 Å². The van der Waals surface area contributed by atoms with E-state index in [0.717, 1.165) is 0 Å². The Labute approximate surface area is 178 Å². The summed E-state index contributed by atoms with van der Waals surface area (Å²) in [6, 6.07) is 0. The zero-order chi connectivity index (χ0) is 10.7. The summed E-state index contributed by atoms with van der Waals surface area (Å²) in [6.45, 7) is 0. The fourth-order valence-electron chi connectivity index (χ4n) is 0. The van der Waals surface area contributed by atoms with Crippen molar-refractivity contribution in [3.05, 3.63) is 0 Å². The third-order valence-electron chi connectivity index (χ3n) is 0. The second-order valence-electron chi connectivity index (χ2n) is 0.750. The molecule has 0 bridgehead atoms. The van der Waals surface area contributed by atoms with Crippen molar-refractivity contribution in [2.45, 2.75) is 0 Å². The van der Waals surface area contributed by atoms with Gasteiger partial charge in [0, 0.05) is 27.5 Å². The van der Waals surface area contributed by atoms with Crippen molar-refractivity contribution in [3.8, 4) is 0 Å². The Balaban J connectivity index is -0.0000000135. The van der Waals surface area contributed by atoms with Crippen LogP contribution in [0.3, 0.4) is 0 Å². The quantitative estimate of drug-likeness (QED) is 0.377. The largest absolute Gasteiger partial charge is 3.00 e. The van der Waals surface area contributed by atoms with Crippen LogP contribution in [0.15, 0.2) is 0 Å². The average Bonchev–Trinajstić information content (AvgIpc) is 1.54. The molecule has 0 radical (unpaired) electrons. The first kappa shape index (κ1) is 42.9. The van der Waals surface area contributed by atoms with Gasteiger partial charge in [-0.3, -0.25) is 0 Å². The molecule has 0 rings (SSSR count). The van der Waals surface area contributed by atoms with Crippen molar-refractivity contribution in [1.82, 2.24) is 0 Å². The second-order valence-corrected chi connectivity index (χ2v) is 2.25. The van der Waals surface area contributed by atoms with E-state index in [1.165, 1.54) is 0 Å². The number of hydrogen-bond donors (Lipinski definition) is 0. The van der Waals surface area contributed by atoms with Crippen LogP contribution in [0.2, 0.25) is 0 Å². The van der Waals surface area contributed by atoms with Gasteiger partial charge in [-0.25, -0.2) is 0 Å². The fraction of sp³-hybridized carbons (Fsp3) is 0. The minimum atomic E-state index is -3.63. The summed E-state index contributed by atoms with van der Waals surface area (Å²) in [6.07, 6.45) is 0. The standard InChI is InChI=1S/Al.Ca.K.3O3Si.H2O/c;;;3*1-4(2)3;/h;;;;;;1H2/q+3;+2;+1;3*-2;. The van der Waals surface area contributed by atoms with E-state index in [9.17, 15) is 0 Å². The van der Waals surface area contributed by atoms with Crippen LogP contribution in [-0.2, 0) is 13.4 Å². The first-order valence-corrected chi connectivity index (χ1v) is 5.51. The van der Waals surface area contributed by atoms with E-state index in [-0.39, 0.29) is 112 Å². The summed E-state index contributed by atoms with van der Waals surface area (Å²) in [5.74, 6) is 0. The molecule has 0 heterocycles. The predicted octanol–water partition coefficient (Wildman–Crippen LogP) is -13.2. The molecule has 0 spiro atoms. The minimum absolute atomic E-state index is 0. The minimum Gasteiger partial charge on any atom is -0.672 e. The fourth-order valence-corrected chi connectivity index (χ4v) is 0.